The van der Waals surface area contributed by atoms with Gasteiger partial charge in [-0.3, -0.25) is 4.79 Å². The van der Waals surface area contributed by atoms with Crippen molar-refractivity contribution in [1.29, 1.82) is 0 Å². The number of amides is 1. The first-order valence-electron chi connectivity index (χ1n) is 10.0. The molecule has 8 nitrogen and oxygen atoms in total. The van der Waals surface area contributed by atoms with Crippen molar-refractivity contribution < 1.29 is 27.1 Å². The summed E-state index contributed by atoms with van der Waals surface area (Å²) in [5.74, 6) is -1.23. The molecule has 3 aromatic rings. The third-order valence-electron chi connectivity index (χ3n) is 5.17. The van der Waals surface area contributed by atoms with Crippen molar-refractivity contribution in [2.24, 2.45) is 0 Å². The van der Waals surface area contributed by atoms with Gasteiger partial charge in [-0.25, -0.2) is 12.8 Å². The van der Waals surface area contributed by atoms with E-state index in [2.05, 4.69) is 5.32 Å². The van der Waals surface area contributed by atoms with Gasteiger partial charge >= 0.3 is 0 Å². The molecule has 33 heavy (non-hydrogen) atoms. The Balaban J connectivity index is 1.63. The first-order chi connectivity index (χ1) is 15.8. The van der Waals surface area contributed by atoms with E-state index in [1.807, 2.05) is 12.1 Å². The average Bonchev–Trinajstić information content (AvgIpc) is 3.35. The number of rotatable bonds is 6. The molecule has 0 bridgehead atoms. The van der Waals surface area contributed by atoms with Gasteiger partial charge in [-0.2, -0.15) is 4.31 Å². The Hall–Kier alpha value is -2.92. The van der Waals surface area contributed by atoms with E-state index in [0.717, 1.165) is 16.4 Å². The molecule has 0 saturated carbocycles. The number of aromatic nitrogens is 1. The summed E-state index contributed by atoms with van der Waals surface area (Å²) in [5.41, 5.74) is 0.872. The highest BCUT2D eigenvalue weighted by atomic mass is 35.5. The van der Waals surface area contributed by atoms with E-state index in [9.17, 15) is 17.6 Å². The lowest BCUT2D eigenvalue weighted by molar-refractivity contribution is 0.0729. The molecule has 2 aromatic carbocycles. The van der Waals surface area contributed by atoms with Crippen LogP contribution in [0, 0.1) is 5.82 Å². The highest BCUT2D eigenvalue weighted by Crippen LogP contribution is 2.31. The zero-order valence-electron chi connectivity index (χ0n) is 17.6. The Morgan fingerprint density at radius 1 is 1.15 bits per heavy atom. The second-order valence-corrected chi connectivity index (χ2v) is 9.52. The van der Waals surface area contributed by atoms with Crippen molar-refractivity contribution in [2.45, 2.75) is 4.90 Å². The number of anilines is 1. The molecule has 1 saturated heterocycles. The maximum absolute atomic E-state index is 14.4. The minimum absolute atomic E-state index is 0.112. The van der Waals surface area contributed by atoms with Crippen LogP contribution in [0.1, 0.15) is 10.4 Å². The molecule has 0 radical (unpaired) electrons. The number of morpholine rings is 1. The van der Waals surface area contributed by atoms with Gasteiger partial charge in [0, 0.05) is 37.2 Å². The molecule has 0 spiro atoms. The summed E-state index contributed by atoms with van der Waals surface area (Å²) in [7, 11) is -2.67. The molecule has 0 atom stereocenters. The molecule has 174 valence electrons. The molecule has 1 fully saturated rings. The van der Waals surface area contributed by atoms with E-state index in [4.69, 9.17) is 21.1 Å². The number of carbonyl (C=O) groups excluding carboxylic acids is 1. The van der Waals surface area contributed by atoms with Crippen LogP contribution in [-0.2, 0) is 14.8 Å². The number of sulfonamides is 1. The highest BCUT2D eigenvalue weighted by Gasteiger charge is 2.29. The molecular weight excluding hydrogens is 473 g/mol. The predicted octanol–water partition coefficient (Wildman–Crippen LogP) is 3.55. The summed E-state index contributed by atoms with van der Waals surface area (Å²) in [5, 5.41) is 2.91. The molecule has 1 amide bonds. The molecule has 0 unspecified atom stereocenters. The van der Waals surface area contributed by atoms with E-state index in [1.54, 1.807) is 23.0 Å². The molecule has 1 N–H and O–H groups in total. The summed E-state index contributed by atoms with van der Waals surface area (Å²) >= 11 is 6.39. The van der Waals surface area contributed by atoms with Gasteiger partial charge in [0.15, 0.2) is 0 Å². The Morgan fingerprint density at radius 2 is 1.85 bits per heavy atom. The first kappa shape index (κ1) is 23.2. The molecule has 2 heterocycles. The van der Waals surface area contributed by atoms with Gasteiger partial charge in [0.2, 0.25) is 10.0 Å². The number of nitrogens with zero attached hydrogens (tertiary/aromatic N) is 2. The fourth-order valence-corrected chi connectivity index (χ4v) is 5.24. The minimum Gasteiger partial charge on any atom is -0.496 e. The summed E-state index contributed by atoms with van der Waals surface area (Å²) in [6.45, 7) is 0.720. The number of benzene rings is 2. The zero-order valence-corrected chi connectivity index (χ0v) is 19.2. The van der Waals surface area contributed by atoms with E-state index in [0.29, 0.717) is 10.7 Å². The zero-order chi connectivity index (χ0) is 23.6. The highest BCUT2D eigenvalue weighted by molar-refractivity contribution is 7.89. The number of hydrogen-bond donors (Lipinski definition) is 1. The topological polar surface area (TPSA) is 89.9 Å². The number of halogens is 2. The van der Waals surface area contributed by atoms with Crippen LogP contribution in [-0.4, -0.2) is 56.6 Å². The van der Waals surface area contributed by atoms with Gasteiger partial charge in [0.05, 0.1) is 36.6 Å². The number of carbonyl (C=O) groups is 1. The normalized spacial score (nSPS) is 14.8. The maximum atomic E-state index is 14.4. The van der Waals surface area contributed by atoms with Crippen LogP contribution in [0.25, 0.3) is 5.69 Å². The second kappa shape index (κ2) is 9.52. The standard InChI is InChI=1S/C22H21ClFN3O5S/c1-31-20-14-19(26-6-2-3-7-26)17(23)13-16(20)22(28)25-15-4-5-18(24)21(12-15)33(29,30)27-8-10-32-11-9-27/h2-7,12-14H,8-11H2,1H3,(H,25,28). The van der Waals surface area contributed by atoms with Crippen molar-refractivity contribution >= 4 is 33.2 Å². The van der Waals surface area contributed by atoms with Gasteiger partial charge in [-0.1, -0.05) is 11.6 Å². The number of methoxy groups -OCH3 is 1. The van der Waals surface area contributed by atoms with Crippen molar-refractivity contribution in [1.82, 2.24) is 8.87 Å². The van der Waals surface area contributed by atoms with Gasteiger partial charge < -0.3 is 19.4 Å². The predicted molar refractivity (Wildman–Crippen MR) is 121 cm³/mol. The van der Waals surface area contributed by atoms with Crippen LogP contribution in [0.4, 0.5) is 10.1 Å². The summed E-state index contributed by atoms with van der Waals surface area (Å²) in [6, 6.07) is 10.1. The van der Waals surface area contributed by atoms with E-state index in [-0.39, 0.29) is 43.3 Å². The summed E-state index contributed by atoms with van der Waals surface area (Å²) < 4.78 is 53.7. The van der Waals surface area contributed by atoms with Crippen LogP contribution in [0.5, 0.6) is 5.75 Å². The third-order valence-corrected chi connectivity index (χ3v) is 7.39. The van der Waals surface area contributed by atoms with Crippen LogP contribution in [0.15, 0.2) is 59.8 Å². The van der Waals surface area contributed by atoms with Gasteiger partial charge in [0.25, 0.3) is 5.91 Å². The Bertz CT molecular complexity index is 1280. The van der Waals surface area contributed by atoms with Gasteiger partial charge in [0.1, 0.15) is 16.5 Å². The minimum atomic E-state index is -4.09. The van der Waals surface area contributed by atoms with Crippen LogP contribution in [0.2, 0.25) is 5.02 Å². The third kappa shape index (κ3) is 4.74. The molecule has 1 aliphatic heterocycles. The van der Waals surface area contributed by atoms with E-state index < -0.39 is 26.6 Å². The molecule has 4 rings (SSSR count). The Kier molecular flexibility index (Phi) is 6.71. The quantitative estimate of drug-likeness (QED) is 0.567. The molecule has 1 aliphatic rings. The van der Waals surface area contributed by atoms with E-state index in [1.165, 1.54) is 19.2 Å². The summed E-state index contributed by atoms with van der Waals surface area (Å²) in [6.07, 6.45) is 3.60. The van der Waals surface area contributed by atoms with Crippen molar-refractivity contribution in [3.05, 3.63) is 71.3 Å². The second-order valence-electron chi connectivity index (χ2n) is 7.21. The smallest absolute Gasteiger partial charge is 0.259 e. The number of ether oxygens (including phenoxy) is 2. The number of hydrogen-bond acceptors (Lipinski definition) is 5. The lowest BCUT2D eigenvalue weighted by Gasteiger charge is -2.26. The van der Waals surface area contributed by atoms with Crippen LogP contribution < -0.4 is 10.1 Å². The van der Waals surface area contributed by atoms with Gasteiger partial charge in [-0.15, -0.1) is 0 Å². The van der Waals surface area contributed by atoms with Crippen molar-refractivity contribution in [3.63, 3.8) is 0 Å². The fraction of sp³-hybridized carbons (Fsp3) is 0.227. The van der Waals surface area contributed by atoms with Crippen molar-refractivity contribution in [3.8, 4) is 11.4 Å². The summed E-state index contributed by atoms with van der Waals surface area (Å²) in [4.78, 5) is 12.4. The maximum Gasteiger partial charge on any atom is 0.259 e. The average molecular weight is 494 g/mol. The van der Waals surface area contributed by atoms with Crippen LogP contribution >= 0.6 is 11.6 Å². The lowest BCUT2D eigenvalue weighted by atomic mass is 10.1. The largest absolute Gasteiger partial charge is 0.496 e. The molecular formula is C22H21ClFN3O5S. The Labute approximate surface area is 195 Å². The molecule has 1 aromatic heterocycles. The Morgan fingerprint density at radius 3 is 2.52 bits per heavy atom. The van der Waals surface area contributed by atoms with Gasteiger partial charge in [-0.05, 0) is 36.4 Å². The monoisotopic (exact) mass is 493 g/mol. The van der Waals surface area contributed by atoms with E-state index >= 15 is 0 Å². The van der Waals surface area contributed by atoms with Crippen molar-refractivity contribution in [2.75, 3.05) is 38.7 Å². The molecule has 11 heteroatoms. The molecule has 0 aliphatic carbocycles. The number of nitrogens with one attached hydrogen (secondary N) is 1. The lowest BCUT2D eigenvalue weighted by Crippen LogP contribution is -2.40. The first-order valence-corrected chi connectivity index (χ1v) is 11.8. The SMILES string of the molecule is COc1cc(-n2cccc2)c(Cl)cc1C(=O)Nc1ccc(F)c(S(=O)(=O)N2CCOCC2)c1. The fourth-order valence-electron chi connectivity index (χ4n) is 3.49. The van der Waals surface area contributed by atoms with Crippen LogP contribution in [0.3, 0.4) is 0 Å².